The Labute approximate surface area is 122 Å². The molecule has 7 heteroatoms. The van der Waals surface area contributed by atoms with E-state index < -0.39 is 5.97 Å². The smallest absolute Gasteiger partial charge is 0.354 e. The lowest BCUT2D eigenvalue weighted by Gasteiger charge is -2.09. The standard InChI is InChI=1S/C13H9BrN4O2/c1-7-2-3-8(14)4-9(7)11-5-10(12(19)20)17-13-15-6-16-18(11)13/h2-6H,1H3,(H,19,20). The van der Waals surface area contributed by atoms with Crippen molar-refractivity contribution in [1.82, 2.24) is 19.6 Å². The molecular formula is C13H9BrN4O2. The van der Waals surface area contributed by atoms with Gasteiger partial charge in [-0.3, -0.25) is 0 Å². The number of rotatable bonds is 2. The molecule has 1 N–H and O–H groups in total. The molecule has 2 heterocycles. The van der Waals surface area contributed by atoms with E-state index in [4.69, 9.17) is 5.11 Å². The maximum Gasteiger partial charge on any atom is 0.354 e. The van der Waals surface area contributed by atoms with Gasteiger partial charge < -0.3 is 5.11 Å². The van der Waals surface area contributed by atoms with Gasteiger partial charge in [0.2, 0.25) is 0 Å². The molecule has 0 aliphatic heterocycles. The fourth-order valence-corrected chi connectivity index (χ4v) is 2.34. The maximum atomic E-state index is 11.2. The summed E-state index contributed by atoms with van der Waals surface area (Å²) >= 11 is 3.42. The van der Waals surface area contributed by atoms with Crippen molar-refractivity contribution in [1.29, 1.82) is 0 Å². The fraction of sp³-hybridized carbons (Fsp3) is 0.0769. The predicted molar refractivity (Wildman–Crippen MR) is 75.6 cm³/mol. The van der Waals surface area contributed by atoms with Crippen LogP contribution in [0.25, 0.3) is 17.0 Å². The summed E-state index contributed by atoms with van der Waals surface area (Å²) in [7, 11) is 0. The van der Waals surface area contributed by atoms with Crippen LogP contribution in [-0.4, -0.2) is 30.7 Å². The molecule has 0 aliphatic carbocycles. The summed E-state index contributed by atoms with van der Waals surface area (Å²) in [6, 6.07) is 7.29. The van der Waals surface area contributed by atoms with Gasteiger partial charge in [-0.25, -0.2) is 9.78 Å². The first kappa shape index (κ1) is 12.7. The summed E-state index contributed by atoms with van der Waals surface area (Å²) in [6.45, 7) is 1.95. The van der Waals surface area contributed by atoms with E-state index in [1.165, 1.54) is 16.9 Å². The van der Waals surface area contributed by atoms with Crippen molar-refractivity contribution in [3.05, 3.63) is 46.3 Å². The van der Waals surface area contributed by atoms with Crippen LogP contribution in [0.5, 0.6) is 0 Å². The van der Waals surface area contributed by atoms with E-state index >= 15 is 0 Å². The molecule has 20 heavy (non-hydrogen) atoms. The molecule has 2 aromatic heterocycles. The molecule has 6 nitrogen and oxygen atoms in total. The Kier molecular flexibility index (Phi) is 2.98. The van der Waals surface area contributed by atoms with E-state index in [0.717, 1.165) is 15.6 Å². The zero-order valence-corrected chi connectivity index (χ0v) is 12.0. The molecule has 3 aromatic rings. The van der Waals surface area contributed by atoms with E-state index in [1.807, 2.05) is 25.1 Å². The number of hydrogen-bond acceptors (Lipinski definition) is 4. The molecule has 0 aliphatic rings. The van der Waals surface area contributed by atoms with Crippen LogP contribution in [-0.2, 0) is 0 Å². The summed E-state index contributed by atoms with van der Waals surface area (Å²) in [6.07, 6.45) is 1.35. The summed E-state index contributed by atoms with van der Waals surface area (Å²) < 4.78 is 2.43. The van der Waals surface area contributed by atoms with Crippen LogP contribution in [0.2, 0.25) is 0 Å². The van der Waals surface area contributed by atoms with E-state index in [9.17, 15) is 4.79 Å². The number of aromatic nitrogens is 4. The SMILES string of the molecule is Cc1ccc(Br)cc1-c1cc(C(=O)O)nc2ncnn12. The van der Waals surface area contributed by atoms with Gasteiger partial charge in [-0.15, -0.1) is 0 Å². The van der Waals surface area contributed by atoms with Crippen LogP contribution < -0.4 is 0 Å². The molecule has 0 amide bonds. The number of carboxylic acids is 1. The monoisotopic (exact) mass is 332 g/mol. The Morgan fingerprint density at radius 1 is 1.35 bits per heavy atom. The zero-order valence-electron chi connectivity index (χ0n) is 10.4. The molecule has 0 atom stereocenters. The third kappa shape index (κ3) is 2.05. The van der Waals surface area contributed by atoms with Crippen LogP contribution in [0.15, 0.2) is 35.1 Å². The van der Waals surface area contributed by atoms with Crippen molar-refractivity contribution < 1.29 is 9.90 Å². The lowest BCUT2D eigenvalue weighted by molar-refractivity contribution is 0.0690. The zero-order chi connectivity index (χ0) is 14.3. The summed E-state index contributed by atoms with van der Waals surface area (Å²) in [5, 5.41) is 13.2. The molecule has 100 valence electrons. The van der Waals surface area contributed by atoms with Crippen LogP contribution in [0.3, 0.4) is 0 Å². The topological polar surface area (TPSA) is 80.4 Å². The number of fused-ring (bicyclic) bond motifs is 1. The minimum Gasteiger partial charge on any atom is -0.477 e. The van der Waals surface area contributed by atoms with Gasteiger partial charge in [-0.05, 0) is 30.7 Å². The van der Waals surface area contributed by atoms with Gasteiger partial charge in [0.15, 0.2) is 5.69 Å². The highest BCUT2D eigenvalue weighted by molar-refractivity contribution is 9.10. The van der Waals surface area contributed by atoms with E-state index in [0.29, 0.717) is 5.69 Å². The van der Waals surface area contributed by atoms with Gasteiger partial charge >= 0.3 is 5.97 Å². The molecule has 0 unspecified atom stereocenters. The number of carboxylic acid groups (broad SMARTS) is 1. The van der Waals surface area contributed by atoms with Crippen LogP contribution >= 0.6 is 15.9 Å². The molecule has 0 bridgehead atoms. The normalized spacial score (nSPS) is 10.9. The summed E-state index contributed by atoms with van der Waals surface area (Å²) in [4.78, 5) is 19.1. The second kappa shape index (κ2) is 4.68. The molecule has 1 aromatic carbocycles. The molecule has 3 rings (SSSR count). The van der Waals surface area contributed by atoms with Crippen molar-refractivity contribution in [3.63, 3.8) is 0 Å². The number of carbonyl (C=O) groups is 1. The third-order valence-electron chi connectivity index (χ3n) is 2.95. The first-order valence-electron chi connectivity index (χ1n) is 5.77. The predicted octanol–water partition coefficient (Wildman–Crippen LogP) is 2.56. The molecule has 0 fully saturated rings. The minimum absolute atomic E-state index is 0.0557. The largest absolute Gasteiger partial charge is 0.477 e. The lowest BCUT2D eigenvalue weighted by Crippen LogP contribution is -2.06. The van der Waals surface area contributed by atoms with Crippen molar-refractivity contribution in [2.24, 2.45) is 0 Å². The van der Waals surface area contributed by atoms with Gasteiger partial charge in [0, 0.05) is 10.0 Å². The number of aryl methyl sites for hydroxylation is 1. The fourth-order valence-electron chi connectivity index (χ4n) is 1.98. The van der Waals surface area contributed by atoms with E-state index in [-0.39, 0.29) is 11.5 Å². The van der Waals surface area contributed by atoms with Crippen LogP contribution in [0.4, 0.5) is 0 Å². The van der Waals surface area contributed by atoms with Crippen molar-refractivity contribution in [2.75, 3.05) is 0 Å². The highest BCUT2D eigenvalue weighted by Crippen LogP contribution is 2.27. The molecular weight excluding hydrogens is 324 g/mol. The molecule has 0 spiro atoms. The van der Waals surface area contributed by atoms with Gasteiger partial charge in [-0.2, -0.15) is 14.6 Å². The van der Waals surface area contributed by atoms with Crippen molar-refractivity contribution in [3.8, 4) is 11.3 Å². The van der Waals surface area contributed by atoms with Crippen LogP contribution in [0.1, 0.15) is 16.1 Å². The summed E-state index contributed by atoms with van der Waals surface area (Å²) in [5.74, 6) is -0.830. The lowest BCUT2D eigenvalue weighted by atomic mass is 10.1. The number of halogens is 1. The van der Waals surface area contributed by atoms with Crippen LogP contribution in [0, 0.1) is 6.92 Å². The Bertz CT molecular complexity index is 828. The van der Waals surface area contributed by atoms with Gasteiger partial charge in [0.1, 0.15) is 6.33 Å². The highest BCUT2D eigenvalue weighted by Gasteiger charge is 2.15. The number of benzene rings is 1. The van der Waals surface area contributed by atoms with Crippen molar-refractivity contribution >= 4 is 27.7 Å². The Morgan fingerprint density at radius 3 is 2.90 bits per heavy atom. The Morgan fingerprint density at radius 2 is 2.15 bits per heavy atom. The molecule has 0 radical (unpaired) electrons. The van der Waals surface area contributed by atoms with E-state index in [1.54, 1.807) is 0 Å². The van der Waals surface area contributed by atoms with Gasteiger partial charge in [0.25, 0.3) is 5.78 Å². The quantitative estimate of drug-likeness (QED) is 0.780. The minimum atomic E-state index is -1.09. The number of nitrogens with zero attached hydrogens (tertiary/aromatic N) is 4. The Balaban J connectivity index is 2.36. The second-order valence-corrected chi connectivity index (χ2v) is 5.18. The molecule has 0 saturated heterocycles. The van der Waals surface area contributed by atoms with Gasteiger partial charge in [-0.1, -0.05) is 22.0 Å². The number of aromatic carboxylic acids is 1. The average molecular weight is 333 g/mol. The summed E-state index contributed by atoms with van der Waals surface area (Å²) in [5.41, 5.74) is 2.47. The van der Waals surface area contributed by atoms with E-state index in [2.05, 4.69) is 31.0 Å². The van der Waals surface area contributed by atoms with Crippen molar-refractivity contribution in [2.45, 2.75) is 6.92 Å². The number of hydrogen-bond donors (Lipinski definition) is 1. The highest BCUT2D eigenvalue weighted by atomic mass is 79.9. The Hall–Kier alpha value is -2.28. The molecule has 0 saturated carbocycles. The second-order valence-electron chi connectivity index (χ2n) is 4.26. The first-order chi connectivity index (χ1) is 9.56. The first-order valence-corrected chi connectivity index (χ1v) is 6.56. The van der Waals surface area contributed by atoms with Gasteiger partial charge in [0.05, 0.1) is 5.69 Å². The average Bonchev–Trinajstić information content (AvgIpc) is 2.88. The maximum absolute atomic E-state index is 11.2. The third-order valence-corrected chi connectivity index (χ3v) is 3.44.